The molecule has 0 aliphatic carbocycles. The number of piperidine rings is 1. The van der Waals surface area contributed by atoms with Crippen molar-refractivity contribution in [3.63, 3.8) is 0 Å². The lowest BCUT2D eigenvalue weighted by atomic mass is 9.90. The third-order valence-corrected chi connectivity index (χ3v) is 8.18. The second kappa shape index (κ2) is 8.93. The quantitative estimate of drug-likeness (QED) is 0.333. The average molecular weight is 490 g/mol. The van der Waals surface area contributed by atoms with Gasteiger partial charge in [-0.05, 0) is 34.0 Å². The third kappa shape index (κ3) is 3.85. The molecule has 0 bridgehead atoms. The minimum Gasteiger partial charge on any atom is -0.493 e. The van der Waals surface area contributed by atoms with Crippen molar-refractivity contribution in [3.8, 4) is 11.5 Å². The van der Waals surface area contributed by atoms with E-state index < -0.39 is 5.72 Å². The Balaban J connectivity index is 1.23. The number of hydrogen-bond acceptors (Lipinski definition) is 5. The fraction of sp³-hybridized carbons (Fsp3) is 0.281. The van der Waals surface area contributed by atoms with E-state index in [1.54, 1.807) is 7.11 Å². The van der Waals surface area contributed by atoms with Crippen LogP contribution in [0.2, 0.25) is 0 Å². The summed E-state index contributed by atoms with van der Waals surface area (Å²) >= 11 is 0. The Morgan fingerprint density at radius 3 is 2.49 bits per heavy atom. The Bertz CT molecular complexity index is 1470. The zero-order valence-corrected chi connectivity index (χ0v) is 21.1. The molecular weight excluding hydrogens is 458 g/mol. The molecule has 0 radical (unpaired) electrons. The molecule has 3 heterocycles. The Morgan fingerprint density at radius 2 is 1.68 bits per heavy atom. The van der Waals surface area contributed by atoms with Crippen molar-refractivity contribution in [2.24, 2.45) is 5.10 Å². The van der Waals surface area contributed by atoms with E-state index in [0.29, 0.717) is 0 Å². The molecule has 1 saturated heterocycles. The highest BCUT2D eigenvalue weighted by atomic mass is 16.5. The van der Waals surface area contributed by atoms with Gasteiger partial charge in [0, 0.05) is 44.5 Å². The summed E-state index contributed by atoms with van der Waals surface area (Å²) in [4.78, 5) is 2.53. The van der Waals surface area contributed by atoms with Crippen LogP contribution < -0.4 is 9.47 Å². The maximum atomic E-state index is 6.92. The number of methoxy groups -OCH3 is 1. The van der Waals surface area contributed by atoms with Gasteiger partial charge in [-0.15, -0.1) is 0 Å². The number of ether oxygens (including phenoxy) is 2. The molecule has 4 aromatic rings. The van der Waals surface area contributed by atoms with Crippen molar-refractivity contribution in [1.82, 2.24) is 9.91 Å². The first-order chi connectivity index (χ1) is 18.2. The number of hydrogen-bond donors (Lipinski definition) is 0. The molecule has 0 amide bonds. The van der Waals surface area contributed by atoms with Gasteiger partial charge in [-0.25, -0.2) is 5.01 Å². The Kier molecular flexibility index (Phi) is 5.40. The molecule has 37 heavy (non-hydrogen) atoms. The molecule has 4 aromatic carbocycles. The van der Waals surface area contributed by atoms with Crippen LogP contribution in [0, 0.1) is 0 Å². The van der Waals surface area contributed by atoms with Crippen LogP contribution in [0.5, 0.6) is 11.5 Å². The zero-order chi connectivity index (χ0) is 24.8. The summed E-state index contributed by atoms with van der Waals surface area (Å²) < 4.78 is 12.7. The first-order valence-electron chi connectivity index (χ1n) is 13.2. The van der Waals surface area contributed by atoms with E-state index in [1.165, 1.54) is 21.9 Å². The maximum Gasteiger partial charge on any atom is 0.200 e. The second-order valence-electron chi connectivity index (χ2n) is 10.4. The van der Waals surface area contributed by atoms with E-state index in [-0.39, 0.29) is 6.04 Å². The lowest BCUT2D eigenvalue weighted by Crippen LogP contribution is -2.59. The first-order valence-corrected chi connectivity index (χ1v) is 13.2. The van der Waals surface area contributed by atoms with E-state index in [9.17, 15) is 0 Å². The molecule has 5 nitrogen and oxygen atoms in total. The first kappa shape index (κ1) is 22.4. The van der Waals surface area contributed by atoms with E-state index in [4.69, 9.17) is 14.6 Å². The van der Waals surface area contributed by atoms with Crippen LogP contribution in [-0.2, 0) is 6.54 Å². The van der Waals surface area contributed by atoms with Crippen LogP contribution in [0.1, 0.15) is 42.0 Å². The summed E-state index contributed by atoms with van der Waals surface area (Å²) in [7, 11) is 1.73. The van der Waals surface area contributed by atoms with E-state index in [0.717, 1.165) is 61.7 Å². The highest BCUT2D eigenvalue weighted by Gasteiger charge is 2.52. The van der Waals surface area contributed by atoms with Gasteiger partial charge < -0.3 is 9.47 Å². The molecule has 5 heteroatoms. The fourth-order valence-corrected chi connectivity index (χ4v) is 6.21. The summed E-state index contributed by atoms with van der Waals surface area (Å²) in [5.74, 6) is 1.69. The normalized spacial score (nSPS) is 20.3. The highest BCUT2D eigenvalue weighted by molar-refractivity contribution is 6.04. The number of fused-ring (bicyclic) bond motifs is 5. The molecular formula is C32H31N3O2. The fourth-order valence-electron chi connectivity index (χ4n) is 6.21. The summed E-state index contributed by atoms with van der Waals surface area (Å²) in [5.41, 5.74) is 4.36. The van der Waals surface area contributed by atoms with Crippen molar-refractivity contribution in [3.05, 3.63) is 108 Å². The van der Waals surface area contributed by atoms with Gasteiger partial charge >= 0.3 is 0 Å². The number of likely N-dealkylation sites (tertiary alicyclic amines) is 1. The molecule has 1 atom stereocenters. The molecule has 7 rings (SSSR count). The Morgan fingerprint density at radius 1 is 0.892 bits per heavy atom. The zero-order valence-electron chi connectivity index (χ0n) is 21.1. The number of nitrogens with zero attached hydrogens (tertiary/aromatic N) is 3. The Hall–Kier alpha value is -3.83. The monoisotopic (exact) mass is 489 g/mol. The van der Waals surface area contributed by atoms with Gasteiger partial charge in [0.1, 0.15) is 0 Å². The van der Waals surface area contributed by atoms with Crippen LogP contribution in [0.4, 0.5) is 0 Å². The lowest BCUT2D eigenvalue weighted by molar-refractivity contribution is -0.151. The van der Waals surface area contributed by atoms with Crippen LogP contribution in [0.25, 0.3) is 10.8 Å². The van der Waals surface area contributed by atoms with Crippen molar-refractivity contribution >= 4 is 16.5 Å². The predicted molar refractivity (Wildman–Crippen MR) is 147 cm³/mol. The molecule has 1 spiro atoms. The van der Waals surface area contributed by atoms with Crippen molar-refractivity contribution in [2.45, 2.75) is 37.6 Å². The molecule has 3 aliphatic heterocycles. The molecule has 3 aliphatic rings. The number of para-hydroxylation sites is 1. The average Bonchev–Trinajstić information content (AvgIpc) is 3.42. The van der Waals surface area contributed by atoms with E-state index in [1.807, 2.05) is 6.07 Å². The van der Waals surface area contributed by atoms with Gasteiger partial charge in [0.25, 0.3) is 0 Å². The number of rotatable bonds is 4. The summed E-state index contributed by atoms with van der Waals surface area (Å²) in [6.45, 7) is 2.89. The summed E-state index contributed by atoms with van der Waals surface area (Å²) in [6.07, 6.45) is 2.64. The molecule has 0 N–H and O–H groups in total. The minimum absolute atomic E-state index is 0.140. The topological polar surface area (TPSA) is 37.3 Å². The molecule has 0 saturated carbocycles. The predicted octanol–water partition coefficient (Wildman–Crippen LogP) is 6.38. The number of benzene rings is 4. The standard InChI is InChI=1S/C32H31N3O2/c1-36-30-13-7-12-27-29-21-28(26-15-14-24-10-5-6-11-25(24)20-26)33-35(29)32(37-31(27)30)16-18-34(19-17-32)22-23-8-3-2-4-9-23/h2-15,20,29H,16-19,21-22H2,1H3/t29-/m0/s1. The van der Waals surface area contributed by atoms with E-state index >= 15 is 0 Å². The third-order valence-electron chi connectivity index (χ3n) is 8.18. The van der Waals surface area contributed by atoms with Gasteiger partial charge in [-0.2, -0.15) is 5.10 Å². The number of hydrazone groups is 1. The molecule has 0 unspecified atom stereocenters. The van der Waals surface area contributed by atoms with Crippen molar-refractivity contribution in [1.29, 1.82) is 0 Å². The van der Waals surface area contributed by atoms with Gasteiger partial charge in [-0.1, -0.05) is 78.9 Å². The smallest absolute Gasteiger partial charge is 0.200 e. The maximum absolute atomic E-state index is 6.92. The molecule has 1 fully saturated rings. The molecule has 0 aromatic heterocycles. The van der Waals surface area contributed by atoms with Gasteiger partial charge in [0.2, 0.25) is 5.72 Å². The van der Waals surface area contributed by atoms with Crippen LogP contribution >= 0.6 is 0 Å². The van der Waals surface area contributed by atoms with Gasteiger partial charge in [0.15, 0.2) is 11.5 Å². The molecule has 186 valence electrons. The lowest BCUT2D eigenvalue weighted by Gasteiger charge is -2.51. The van der Waals surface area contributed by atoms with Crippen LogP contribution in [0.3, 0.4) is 0 Å². The van der Waals surface area contributed by atoms with Crippen LogP contribution in [0.15, 0.2) is 96.1 Å². The summed E-state index contributed by atoms with van der Waals surface area (Å²) in [5, 5.41) is 10.1. The summed E-state index contributed by atoms with van der Waals surface area (Å²) in [6, 6.07) is 32.3. The SMILES string of the molecule is COc1cccc2c1OC1(CCN(Cc3ccccc3)CC1)N1N=C(c3ccc4ccccc4c3)C[C@@H]21. The van der Waals surface area contributed by atoms with E-state index in [2.05, 4.69) is 94.8 Å². The van der Waals surface area contributed by atoms with Gasteiger partial charge in [0.05, 0.1) is 18.9 Å². The van der Waals surface area contributed by atoms with Crippen molar-refractivity contribution < 1.29 is 9.47 Å². The second-order valence-corrected chi connectivity index (χ2v) is 10.4. The highest BCUT2D eigenvalue weighted by Crippen LogP contribution is 2.52. The van der Waals surface area contributed by atoms with Crippen LogP contribution in [-0.4, -0.2) is 41.5 Å². The van der Waals surface area contributed by atoms with Gasteiger partial charge in [-0.3, -0.25) is 4.90 Å². The minimum atomic E-state index is -0.474. The largest absolute Gasteiger partial charge is 0.493 e. The Labute approximate surface area is 217 Å². The van der Waals surface area contributed by atoms with Crippen molar-refractivity contribution in [2.75, 3.05) is 20.2 Å².